The van der Waals surface area contributed by atoms with E-state index < -0.39 is 0 Å². The summed E-state index contributed by atoms with van der Waals surface area (Å²) in [6, 6.07) is 15.1. The molecule has 0 unspecified atom stereocenters. The van der Waals surface area contributed by atoms with Crippen molar-refractivity contribution in [3.63, 3.8) is 0 Å². The minimum atomic E-state index is -0.311. The summed E-state index contributed by atoms with van der Waals surface area (Å²) in [6.45, 7) is 2.07. The molecule has 0 nitrogen and oxygen atoms in total. The highest BCUT2D eigenvalue weighted by Crippen LogP contribution is 2.22. The van der Waals surface area contributed by atoms with Crippen molar-refractivity contribution < 1.29 is 8.78 Å². The van der Waals surface area contributed by atoms with Gasteiger partial charge in [-0.15, -0.1) is 0 Å². The third-order valence-corrected chi connectivity index (χ3v) is 3.61. The first-order valence-corrected chi connectivity index (χ1v) is 7.16. The van der Waals surface area contributed by atoms with E-state index in [1.54, 1.807) is 24.3 Å². The first-order chi connectivity index (χ1) is 10.7. The van der Waals surface area contributed by atoms with Gasteiger partial charge in [-0.1, -0.05) is 43.0 Å². The van der Waals surface area contributed by atoms with Gasteiger partial charge >= 0.3 is 0 Å². The zero-order chi connectivity index (χ0) is 15.5. The largest absolute Gasteiger partial charge is 0.207 e. The average molecular weight is 292 g/mol. The molecule has 0 aliphatic carbocycles. The molecule has 0 saturated carbocycles. The van der Waals surface area contributed by atoms with Crippen LogP contribution in [-0.4, -0.2) is 0 Å². The van der Waals surface area contributed by atoms with Crippen LogP contribution in [0.2, 0.25) is 0 Å². The van der Waals surface area contributed by atoms with E-state index in [2.05, 4.69) is 18.8 Å². The maximum Gasteiger partial charge on any atom is 0.146 e. The average Bonchev–Trinajstić information content (AvgIpc) is 2.55. The molecule has 0 aliphatic heterocycles. The Hall–Kier alpha value is -2.66. The zero-order valence-corrected chi connectivity index (χ0v) is 12.2. The predicted octanol–water partition coefficient (Wildman–Crippen LogP) is 5.08. The SMILES string of the molecule is CCc1ccc2c(F)c(C#Cc3ccc(F)cc3)ccc2c1. The van der Waals surface area contributed by atoms with Gasteiger partial charge in [-0.3, -0.25) is 0 Å². The molecule has 0 amide bonds. The molecule has 0 saturated heterocycles. The van der Waals surface area contributed by atoms with Gasteiger partial charge in [-0.2, -0.15) is 0 Å². The van der Waals surface area contributed by atoms with Gasteiger partial charge in [-0.05, 0) is 47.7 Å². The van der Waals surface area contributed by atoms with Gasteiger partial charge in [0.25, 0.3) is 0 Å². The number of halogens is 2. The molecule has 0 heterocycles. The van der Waals surface area contributed by atoms with Gasteiger partial charge in [0.15, 0.2) is 0 Å². The van der Waals surface area contributed by atoms with Crippen LogP contribution in [0, 0.1) is 23.5 Å². The van der Waals surface area contributed by atoms with Crippen molar-refractivity contribution in [1.29, 1.82) is 0 Å². The van der Waals surface area contributed by atoms with Crippen LogP contribution >= 0.6 is 0 Å². The molecule has 0 bridgehead atoms. The fourth-order valence-electron chi connectivity index (χ4n) is 2.33. The van der Waals surface area contributed by atoms with Crippen LogP contribution in [0.25, 0.3) is 10.8 Å². The lowest BCUT2D eigenvalue weighted by Gasteiger charge is -2.04. The van der Waals surface area contributed by atoms with E-state index in [0.717, 1.165) is 11.8 Å². The molecule has 0 spiro atoms. The highest BCUT2D eigenvalue weighted by atomic mass is 19.1. The Bertz CT molecular complexity index is 881. The van der Waals surface area contributed by atoms with Gasteiger partial charge in [0, 0.05) is 10.9 Å². The van der Waals surface area contributed by atoms with E-state index in [4.69, 9.17) is 0 Å². The van der Waals surface area contributed by atoms with Crippen molar-refractivity contribution in [2.24, 2.45) is 0 Å². The second-order valence-corrected chi connectivity index (χ2v) is 5.09. The second kappa shape index (κ2) is 5.99. The molecule has 0 aliphatic rings. The molecule has 0 N–H and O–H groups in total. The van der Waals surface area contributed by atoms with Gasteiger partial charge in [-0.25, -0.2) is 8.78 Å². The summed E-state index contributed by atoms with van der Waals surface area (Å²) in [6.07, 6.45) is 0.920. The Balaban J connectivity index is 2.02. The van der Waals surface area contributed by atoms with Crippen LogP contribution in [-0.2, 0) is 6.42 Å². The van der Waals surface area contributed by atoms with Crippen LogP contribution < -0.4 is 0 Å². The molecular formula is C20H14F2. The Morgan fingerprint density at radius 1 is 0.864 bits per heavy atom. The maximum atomic E-state index is 14.5. The second-order valence-electron chi connectivity index (χ2n) is 5.09. The number of rotatable bonds is 1. The lowest BCUT2D eigenvalue weighted by Crippen LogP contribution is -1.88. The van der Waals surface area contributed by atoms with E-state index in [1.807, 2.05) is 18.2 Å². The third-order valence-electron chi connectivity index (χ3n) is 3.61. The number of fused-ring (bicyclic) bond motifs is 1. The highest BCUT2D eigenvalue weighted by Gasteiger charge is 2.06. The standard InChI is InChI=1S/C20H14F2/c1-2-14-6-12-19-17(13-14)9-8-16(20(19)22)7-3-15-4-10-18(21)11-5-15/h4-6,8-13H,2H2,1H3. The first kappa shape index (κ1) is 14.3. The molecule has 22 heavy (non-hydrogen) atoms. The molecular weight excluding hydrogens is 278 g/mol. The molecule has 3 aromatic carbocycles. The topological polar surface area (TPSA) is 0 Å². The van der Waals surface area contributed by atoms with Crippen LogP contribution in [0.5, 0.6) is 0 Å². The summed E-state index contributed by atoms with van der Waals surface area (Å²) in [7, 11) is 0. The Morgan fingerprint density at radius 2 is 1.64 bits per heavy atom. The minimum Gasteiger partial charge on any atom is -0.207 e. The summed E-state index contributed by atoms with van der Waals surface area (Å²) in [5, 5.41) is 1.45. The Labute approximate surface area is 128 Å². The van der Waals surface area contributed by atoms with Crippen molar-refractivity contribution in [1.82, 2.24) is 0 Å². The quantitative estimate of drug-likeness (QED) is 0.549. The van der Waals surface area contributed by atoms with Crippen LogP contribution in [0.15, 0.2) is 54.6 Å². The van der Waals surface area contributed by atoms with Gasteiger partial charge in [0.05, 0.1) is 5.56 Å². The first-order valence-electron chi connectivity index (χ1n) is 7.16. The summed E-state index contributed by atoms with van der Waals surface area (Å²) in [5.74, 6) is 5.06. The highest BCUT2D eigenvalue weighted by molar-refractivity contribution is 5.85. The van der Waals surface area contributed by atoms with E-state index in [1.165, 1.54) is 17.7 Å². The number of benzene rings is 3. The molecule has 0 fully saturated rings. The fraction of sp³-hybridized carbons (Fsp3) is 0.100. The van der Waals surface area contributed by atoms with Gasteiger partial charge in [0.2, 0.25) is 0 Å². The smallest absolute Gasteiger partial charge is 0.146 e. The minimum absolute atomic E-state index is 0.310. The van der Waals surface area contributed by atoms with Crippen molar-refractivity contribution in [2.75, 3.05) is 0 Å². The predicted molar refractivity (Wildman–Crippen MR) is 85.7 cm³/mol. The van der Waals surface area contributed by atoms with E-state index in [-0.39, 0.29) is 11.6 Å². The number of hydrogen-bond acceptors (Lipinski definition) is 0. The fourth-order valence-corrected chi connectivity index (χ4v) is 2.33. The molecule has 3 rings (SSSR count). The Kier molecular flexibility index (Phi) is 3.89. The Morgan fingerprint density at radius 3 is 2.36 bits per heavy atom. The normalized spacial score (nSPS) is 10.3. The molecule has 0 atom stereocenters. The lowest BCUT2D eigenvalue weighted by molar-refractivity contribution is 0.627. The summed E-state index contributed by atoms with van der Waals surface area (Å²) in [4.78, 5) is 0. The van der Waals surface area contributed by atoms with Gasteiger partial charge in [0.1, 0.15) is 11.6 Å². The number of aryl methyl sites for hydroxylation is 1. The molecule has 2 heteroatoms. The third kappa shape index (κ3) is 2.84. The molecule has 0 radical (unpaired) electrons. The van der Waals surface area contributed by atoms with E-state index in [0.29, 0.717) is 16.5 Å². The summed E-state index contributed by atoms with van der Waals surface area (Å²) in [5.41, 5.74) is 2.18. The van der Waals surface area contributed by atoms with Crippen molar-refractivity contribution in [2.45, 2.75) is 13.3 Å². The van der Waals surface area contributed by atoms with Crippen LogP contribution in [0.3, 0.4) is 0 Å². The van der Waals surface area contributed by atoms with Crippen molar-refractivity contribution in [3.05, 3.63) is 82.9 Å². The molecule has 0 aromatic heterocycles. The van der Waals surface area contributed by atoms with Crippen molar-refractivity contribution in [3.8, 4) is 11.8 Å². The monoisotopic (exact) mass is 292 g/mol. The van der Waals surface area contributed by atoms with Crippen molar-refractivity contribution >= 4 is 10.8 Å². The number of hydrogen-bond donors (Lipinski definition) is 0. The van der Waals surface area contributed by atoms with Crippen LogP contribution in [0.4, 0.5) is 8.78 Å². The van der Waals surface area contributed by atoms with E-state index in [9.17, 15) is 8.78 Å². The lowest BCUT2D eigenvalue weighted by atomic mass is 10.0. The summed E-state index contributed by atoms with van der Waals surface area (Å²) < 4.78 is 27.4. The molecule has 108 valence electrons. The zero-order valence-electron chi connectivity index (χ0n) is 12.2. The van der Waals surface area contributed by atoms with Crippen LogP contribution in [0.1, 0.15) is 23.6 Å². The maximum absolute atomic E-state index is 14.5. The molecule has 3 aromatic rings. The van der Waals surface area contributed by atoms with E-state index >= 15 is 0 Å². The summed E-state index contributed by atoms with van der Waals surface area (Å²) >= 11 is 0. The van der Waals surface area contributed by atoms with Gasteiger partial charge < -0.3 is 0 Å².